The average molecular weight is 453 g/mol. The molecular weight excluding hydrogens is 424 g/mol. The second-order valence-electron chi connectivity index (χ2n) is 8.51. The first-order chi connectivity index (χ1) is 16.0. The van der Waals surface area contributed by atoms with Gasteiger partial charge >= 0.3 is 0 Å². The Morgan fingerprint density at radius 2 is 2.12 bits per heavy atom. The number of carbonyl (C=O) groups is 1. The van der Waals surface area contributed by atoms with Gasteiger partial charge in [0.2, 0.25) is 5.91 Å². The zero-order chi connectivity index (χ0) is 23.0. The second kappa shape index (κ2) is 8.74. The highest BCUT2D eigenvalue weighted by atomic mass is 16.5. The molecule has 2 aliphatic rings. The lowest BCUT2D eigenvalue weighted by molar-refractivity contribution is -0.114. The van der Waals surface area contributed by atoms with Crippen molar-refractivity contribution in [3.05, 3.63) is 36.3 Å². The van der Waals surface area contributed by atoms with E-state index >= 15 is 0 Å². The maximum absolute atomic E-state index is 11.6. The molecule has 33 heavy (non-hydrogen) atoms. The van der Waals surface area contributed by atoms with E-state index in [4.69, 9.17) is 23.9 Å². The number of rotatable bonds is 6. The summed E-state index contributed by atoms with van der Waals surface area (Å²) in [4.78, 5) is 21.1. The zero-order valence-electron chi connectivity index (χ0n) is 19.1. The quantitative estimate of drug-likeness (QED) is 0.613. The Morgan fingerprint density at radius 3 is 2.79 bits per heavy atom. The molecule has 1 N–H and O–H groups in total. The number of aromatic nitrogens is 3. The largest absolute Gasteiger partial charge is 0.497 e. The standard InChI is InChI=1S/C24H28N4O5/c1-15(29)26-23-10-18-19(12-28(21(18)11-25-23)16-4-6-32-13-16)20-8-17(30-2)9-22(27-20)24(31-3)5-7-33-14-24/h8-12,16H,4-7,13-14H2,1-3H3,(H,25,26,29). The van der Waals surface area contributed by atoms with Crippen molar-refractivity contribution < 1.29 is 23.7 Å². The monoisotopic (exact) mass is 452 g/mol. The highest BCUT2D eigenvalue weighted by Gasteiger charge is 2.39. The number of ether oxygens (including phenoxy) is 4. The Morgan fingerprint density at radius 1 is 1.24 bits per heavy atom. The van der Waals surface area contributed by atoms with Crippen LogP contribution in [0.1, 0.15) is 31.5 Å². The topological polar surface area (TPSA) is 96.7 Å². The molecule has 1 amide bonds. The van der Waals surface area contributed by atoms with Gasteiger partial charge in [-0.1, -0.05) is 0 Å². The van der Waals surface area contributed by atoms with Crippen molar-refractivity contribution in [2.45, 2.75) is 31.4 Å². The van der Waals surface area contributed by atoms with Crippen LogP contribution in [0.15, 0.2) is 30.6 Å². The van der Waals surface area contributed by atoms with Gasteiger partial charge in [-0.15, -0.1) is 0 Å². The maximum Gasteiger partial charge on any atom is 0.222 e. The van der Waals surface area contributed by atoms with Gasteiger partial charge in [0.15, 0.2) is 0 Å². The fourth-order valence-corrected chi connectivity index (χ4v) is 4.65. The number of nitrogens with zero attached hydrogens (tertiary/aromatic N) is 3. The van der Waals surface area contributed by atoms with Crippen LogP contribution in [0.2, 0.25) is 0 Å². The van der Waals surface area contributed by atoms with Gasteiger partial charge in [0.05, 0.1) is 49.5 Å². The van der Waals surface area contributed by atoms with E-state index in [-0.39, 0.29) is 11.9 Å². The summed E-state index contributed by atoms with van der Waals surface area (Å²) in [5.74, 6) is 1.02. The zero-order valence-corrected chi connectivity index (χ0v) is 19.1. The third-order valence-corrected chi connectivity index (χ3v) is 6.48. The van der Waals surface area contributed by atoms with Crippen molar-refractivity contribution in [1.29, 1.82) is 0 Å². The van der Waals surface area contributed by atoms with Gasteiger partial charge in [-0.3, -0.25) is 4.79 Å². The van der Waals surface area contributed by atoms with Crippen molar-refractivity contribution in [2.24, 2.45) is 0 Å². The van der Waals surface area contributed by atoms with Crippen LogP contribution in [0.5, 0.6) is 5.75 Å². The number of hydrogen-bond acceptors (Lipinski definition) is 7. The van der Waals surface area contributed by atoms with Crippen LogP contribution in [0, 0.1) is 0 Å². The molecule has 2 unspecified atom stereocenters. The minimum absolute atomic E-state index is 0.169. The Kier molecular flexibility index (Phi) is 5.77. The van der Waals surface area contributed by atoms with E-state index in [1.165, 1.54) is 6.92 Å². The molecule has 5 rings (SSSR count). The Hall–Kier alpha value is -3.01. The third-order valence-electron chi connectivity index (χ3n) is 6.48. The number of methoxy groups -OCH3 is 2. The van der Waals surface area contributed by atoms with Gasteiger partial charge in [0, 0.05) is 62.9 Å². The van der Waals surface area contributed by atoms with Gasteiger partial charge in [-0.25, -0.2) is 9.97 Å². The van der Waals surface area contributed by atoms with Crippen LogP contribution < -0.4 is 10.1 Å². The van der Waals surface area contributed by atoms with Gasteiger partial charge in [-0.2, -0.15) is 0 Å². The summed E-state index contributed by atoms with van der Waals surface area (Å²) in [5, 5.41) is 3.73. The fourth-order valence-electron chi connectivity index (χ4n) is 4.65. The lowest BCUT2D eigenvalue weighted by Crippen LogP contribution is -2.30. The number of anilines is 1. The van der Waals surface area contributed by atoms with Crippen LogP contribution in [0.4, 0.5) is 5.82 Å². The van der Waals surface area contributed by atoms with E-state index in [2.05, 4.69) is 21.1 Å². The summed E-state index contributed by atoms with van der Waals surface area (Å²) in [7, 11) is 3.33. The molecule has 0 spiro atoms. The summed E-state index contributed by atoms with van der Waals surface area (Å²) < 4.78 is 25.0. The number of hydrogen-bond donors (Lipinski definition) is 1. The summed E-state index contributed by atoms with van der Waals surface area (Å²) in [6.07, 6.45) is 5.54. The van der Waals surface area contributed by atoms with Gasteiger partial charge in [0.1, 0.15) is 17.2 Å². The summed E-state index contributed by atoms with van der Waals surface area (Å²) in [6.45, 7) is 3.92. The van der Waals surface area contributed by atoms with Gasteiger partial charge in [-0.05, 0) is 12.5 Å². The minimum Gasteiger partial charge on any atom is -0.497 e. The molecule has 5 heterocycles. The van der Waals surface area contributed by atoms with Gasteiger partial charge < -0.3 is 28.8 Å². The predicted octanol–water partition coefficient (Wildman–Crippen LogP) is 3.29. The van der Waals surface area contributed by atoms with Crippen molar-refractivity contribution in [3.8, 4) is 17.0 Å². The van der Waals surface area contributed by atoms with E-state index in [0.29, 0.717) is 31.4 Å². The number of nitrogens with one attached hydrogen (secondary N) is 1. The molecule has 2 atom stereocenters. The van der Waals surface area contributed by atoms with E-state index in [9.17, 15) is 4.79 Å². The molecule has 0 aromatic carbocycles. The lowest BCUT2D eigenvalue weighted by Gasteiger charge is -2.26. The van der Waals surface area contributed by atoms with E-state index in [1.54, 1.807) is 20.4 Å². The third kappa shape index (κ3) is 3.96. The van der Waals surface area contributed by atoms with Crippen LogP contribution in [-0.2, 0) is 24.6 Å². The molecule has 2 fully saturated rings. The van der Waals surface area contributed by atoms with Crippen molar-refractivity contribution in [2.75, 3.05) is 46.0 Å². The molecule has 0 aliphatic carbocycles. The highest BCUT2D eigenvalue weighted by molar-refractivity contribution is 5.98. The predicted molar refractivity (Wildman–Crippen MR) is 122 cm³/mol. The van der Waals surface area contributed by atoms with Gasteiger partial charge in [0.25, 0.3) is 0 Å². The Balaban J connectivity index is 1.69. The van der Waals surface area contributed by atoms with E-state index < -0.39 is 5.60 Å². The Labute approximate surface area is 192 Å². The summed E-state index contributed by atoms with van der Waals surface area (Å²) in [5.41, 5.74) is 2.82. The molecular formula is C24H28N4O5. The van der Waals surface area contributed by atoms with Crippen molar-refractivity contribution >= 4 is 22.6 Å². The first-order valence-corrected chi connectivity index (χ1v) is 11.1. The second-order valence-corrected chi connectivity index (χ2v) is 8.51. The molecule has 9 nitrogen and oxygen atoms in total. The highest BCUT2D eigenvalue weighted by Crippen LogP contribution is 2.39. The number of pyridine rings is 2. The van der Waals surface area contributed by atoms with Crippen LogP contribution in [0.3, 0.4) is 0 Å². The van der Waals surface area contributed by atoms with Crippen molar-refractivity contribution in [1.82, 2.24) is 14.5 Å². The number of carbonyl (C=O) groups excluding carboxylic acids is 1. The number of amides is 1. The van der Waals surface area contributed by atoms with E-state index in [0.717, 1.165) is 47.3 Å². The number of fused-ring (bicyclic) bond motifs is 1. The fraction of sp³-hybridized carbons (Fsp3) is 0.458. The minimum atomic E-state index is -0.607. The molecule has 0 radical (unpaired) electrons. The lowest BCUT2D eigenvalue weighted by atomic mass is 9.96. The van der Waals surface area contributed by atoms with Crippen LogP contribution in [0.25, 0.3) is 22.2 Å². The van der Waals surface area contributed by atoms with Crippen LogP contribution >= 0.6 is 0 Å². The first kappa shape index (κ1) is 21.8. The average Bonchev–Trinajstić information content (AvgIpc) is 3.58. The molecule has 9 heteroatoms. The molecule has 2 saturated heterocycles. The molecule has 3 aromatic rings. The SMILES string of the molecule is COc1cc(-c2cn(C3CCOC3)c3cnc(NC(C)=O)cc23)nc(C2(OC)CCOC2)c1. The summed E-state index contributed by atoms with van der Waals surface area (Å²) in [6, 6.07) is 5.94. The van der Waals surface area contributed by atoms with E-state index in [1.807, 2.05) is 18.2 Å². The first-order valence-electron chi connectivity index (χ1n) is 11.1. The maximum atomic E-state index is 11.6. The smallest absolute Gasteiger partial charge is 0.222 e. The Bertz CT molecular complexity index is 1180. The molecule has 3 aromatic heterocycles. The van der Waals surface area contributed by atoms with Crippen molar-refractivity contribution in [3.63, 3.8) is 0 Å². The molecule has 0 saturated carbocycles. The molecule has 174 valence electrons. The summed E-state index contributed by atoms with van der Waals surface area (Å²) >= 11 is 0. The normalized spacial score (nSPS) is 22.7. The molecule has 0 bridgehead atoms. The molecule has 2 aliphatic heterocycles. The van der Waals surface area contributed by atoms with Crippen LogP contribution in [-0.4, -0.2) is 61.1 Å².